The summed E-state index contributed by atoms with van der Waals surface area (Å²) >= 11 is 0. The molecule has 3 rings (SSSR count). The number of rotatable bonds is 8. The van der Waals surface area contributed by atoms with E-state index in [1.54, 1.807) is 30.3 Å². The summed E-state index contributed by atoms with van der Waals surface area (Å²) in [5.74, 6) is 0. The molecule has 166 valence electrons. The van der Waals surface area contributed by atoms with Crippen LogP contribution in [-0.4, -0.2) is 36.4 Å². The quantitative estimate of drug-likeness (QED) is 0.397. The Labute approximate surface area is 185 Å². The normalized spacial score (nSPS) is 12.8. The van der Waals surface area contributed by atoms with Crippen molar-refractivity contribution < 1.29 is 18.0 Å². The molecule has 0 unspecified atom stereocenters. The molecule has 2 aromatic heterocycles. The van der Waals surface area contributed by atoms with Gasteiger partial charge in [0.2, 0.25) is 0 Å². The smallest absolute Gasteiger partial charge is 0.268 e. The van der Waals surface area contributed by atoms with Gasteiger partial charge < -0.3 is 9.36 Å². The van der Waals surface area contributed by atoms with Crippen LogP contribution in [0.4, 0.5) is 0 Å². The molecule has 1 N–H and O–H groups in total. The lowest BCUT2D eigenvalue weighted by atomic mass is 10.1. The van der Waals surface area contributed by atoms with Gasteiger partial charge in [-0.05, 0) is 68.2 Å². The zero-order valence-electron chi connectivity index (χ0n) is 18.7. The number of carbonyl (C=O) groups excluding carboxylic acids is 1. The van der Waals surface area contributed by atoms with Crippen LogP contribution in [-0.2, 0) is 16.4 Å². The SMILES string of the molecule is Cc1ccc(S(=O)(=O)n2ccc(-n3cccc3CCC(C)(C)[Si](C)(C)O)c2C=O)cc1. The fourth-order valence-corrected chi connectivity index (χ4v) is 5.43. The lowest BCUT2D eigenvalue weighted by molar-refractivity contribution is 0.111. The Morgan fingerprint density at radius 3 is 2.29 bits per heavy atom. The topological polar surface area (TPSA) is 81.3 Å². The van der Waals surface area contributed by atoms with Gasteiger partial charge in [0.1, 0.15) is 5.69 Å². The van der Waals surface area contributed by atoms with Crippen LogP contribution in [0, 0.1) is 6.92 Å². The van der Waals surface area contributed by atoms with Gasteiger partial charge >= 0.3 is 0 Å². The maximum atomic E-state index is 13.1. The van der Waals surface area contributed by atoms with Gasteiger partial charge in [-0.15, -0.1) is 0 Å². The van der Waals surface area contributed by atoms with Crippen LogP contribution in [0.2, 0.25) is 18.1 Å². The number of hydrogen-bond donors (Lipinski definition) is 1. The molecule has 0 saturated carbocycles. The number of benzene rings is 1. The number of nitrogens with zero attached hydrogens (tertiary/aromatic N) is 2. The summed E-state index contributed by atoms with van der Waals surface area (Å²) in [5.41, 5.74) is 2.51. The highest BCUT2D eigenvalue weighted by Crippen LogP contribution is 2.40. The first-order chi connectivity index (χ1) is 14.4. The predicted molar refractivity (Wildman–Crippen MR) is 125 cm³/mol. The fraction of sp³-hybridized carbons (Fsp3) is 0.348. The number of aromatic nitrogens is 2. The Hall–Kier alpha value is -2.42. The van der Waals surface area contributed by atoms with Crippen molar-refractivity contribution in [1.82, 2.24) is 8.54 Å². The number of hydrogen-bond acceptors (Lipinski definition) is 4. The predicted octanol–water partition coefficient (Wildman–Crippen LogP) is 4.55. The number of carbonyl (C=O) groups is 1. The number of aldehydes is 1. The van der Waals surface area contributed by atoms with Crippen LogP contribution in [0.5, 0.6) is 0 Å². The summed E-state index contributed by atoms with van der Waals surface area (Å²) in [6.45, 7) is 9.91. The Morgan fingerprint density at radius 2 is 1.71 bits per heavy atom. The molecular formula is C23H30N2O4SSi. The zero-order chi connectivity index (χ0) is 23.0. The highest BCUT2D eigenvalue weighted by molar-refractivity contribution is 7.90. The van der Waals surface area contributed by atoms with Crippen LogP contribution >= 0.6 is 0 Å². The lowest BCUT2D eigenvalue weighted by Gasteiger charge is -2.35. The standard InChI is InChI=1S/C23H30N2O4SSi/c1-18-8-10-20(11-9-18)30(27,28)25-16-13-21(22(25)17-26)24-15-6-7-19(24)12-14-23(2,3)31(4,5)29/h6-11,13,15-17,29H,12,14H2,1-5H3. The van der Waals surface area contributed by atoms with Gasteiger partial charge in [0, 0.05) is 18.1 Å². The second-order valence-electron chi connectivity index (χ2n) is 9.13. The van der Waals surface area contributed by atoms with Crippen LogP contribution in [0.25, 0.3) is 5.69 Å². The van der Waals surface area contributed by atoms with E-state index in [1.807, 2.05) is 42.9 Å². The molecule has 0 fully saturated rings. The molecule has 0 radical (unpaired) electrons. The summed E-state index contributed by atoms with van der Waals surface area (Å²) in [5, 5.41) is -0.184. The summed E-state index contributed by atoms with van der Waals surface area (Å²) in [7, 11) is -6.24. The first kappa shape index (κ1) is 23.2. The largest absolute Gasteiger partial charge is 0.432 e. The molecule has 31 heavy (non-hydrogen) atoms. The zero-order valence-corrected chi connectivity index (χ0v) is 20.5. The lowest BCUT2D eigenvalue weighted by Crippen LogP contribution is -2.39. The molecule has 2 heterocycles. The third-order valence-corrected chi connectivity index (χ3v) is 11.6. The summed E-state index contributed by atoms with van der Waals surface area (Å²) < 4.78 is 29.2. The van der Waals surface area contributed by atoms with E-state index >= 15 is 0 Å². The maximum absolute atomic E-state index is 13.1. The van der Waals surface area contributed by atoms with Gasteiger partial charge in [0.05, 0.1) is 10.6 Å². The Bertz CT molecular complexity index is 1180. The van der Waals surface area contributed by atoms with Crippen molar-refractivity contribution in [2.45, 2.75) is 56.6 Å². The van der Waals surface area contributed by atoms with Crippen molar-refractivity contribution in [3.05, 3.63) is 71.8 Å². The van der Waals surface area contributed by atoms with E-state index in [1.165, 1.54) is 6.20 Å². The van der Waals surface area contributed by atoms with E-state index in [0.717, 1.165) is 21.7 Å². The van der Waals surface area contributed by atoms with Crippen LogP contribution in [0.1, 0.15) is 42.0 Å². The molecule has 0 aliphatic rings. The molecule has 3 aromatic rings. The van der Waals surface area contributed by atoms with Crippen molar-refractivity contribution in [3.8, 4) is 5.69 Å². The van der Waals surface area contributed by atoms with E-state index in [-0.39, 0.29) is 15.6 Å². The summed E-state index contributed by atoms with van der Waals surface area (Å²) in [6, 6.07) is 12.0. The minimum Gasteiger partial charge on any atom is -0.432 e. The highest BCUT2D eigenvalue weighted by atomic mass is 32.2. The molecule has 0 bridgehead atoms. The molecule has 0 amide bonds. The average Bonchev–Trinajstić information content (AvgIpc) is 3.32. The van der Waals surface area contributed by atoms with Gasteiger partial charge in [-0.1, -0.05) is 31.5 Å². The van der Waals surface area contributed by atoms with Gasteiger partial charge in [-0.2, -0.15) is 0 Å². The van der Waals surface area contributed by atoms with Gasteiger partial charge in [0.25, 0.3) is 10.0 Å². The van der Waals surface area contributed by atoms with Gasteiger partial charge in [0.15, 0.2) is 14.6 Å². The Kier molecular flexibility index (Phi) is 6.19. The van der Waals surface area contributed by atoms with Gasteiger partial charge in [-0.3, -0.25) is 4.79 Å². The fourth-order valence-electron chi connectivity index (χ4n) is 3.37. The maximum Gasteiger partial charge on any atom is 0.268 e. The molecule has 0 atom stereocenters. The highest BCUT2D eigenvalue weighted by Gasteiger charge is 2.37. The monoisotopic (exact) mass is 458 g/mol. The van der Waals surface area contributed by atoms with Crippen molar-refractivity contribution in [1.29, 1.82) is 0 Å². The molecular weight excluding hydrogens is 428 g/mol. The third-order valence-electron chi connectivity index (χ3n) is 6.31. The minimum atomic E-state index is -3.89. The van der Waals surface area contributed by atoms with Crippen molar-refractivity contribution in [3.63, 3.8) is 0 Å². The van der Waals surface area contributed by atoms with Crippen LogP contribution in [0.15, 0.2) is 59.8 Å². The average molecular weight is 459 g/mol. The summed E-state index contributed by atoms with van der Waals surface area (Å²) in [4.78, 5) is 22.7. The van der Waals surface area contributed by atoms with Crippen molar-refractivity contribution in [2.75, 3.05) is 0 Å². The van der Waals surface area contributed by atoms with E-state index < -0.39 is 18.3 Å². The first-order valence-corrected chi connectivity index (χ1v) is 14.6. The van der Waals surface area contributed by atoms with Crippen molar-refractivity contribution in [2.24, 2.45) is 0 Å². The number of aryl methyl sites for hydroxylation is 2. The molecule has 0 saturated heterocycles. The molecule has 0 aliphatic carbocycles. The van der Waals surface area contributed by atoms with Crippen LogP contribution < -0.4 is 0 Å². The first-order valence-electron chi connectivity index (χ1n) is 10.3. The van der Waals surface area contributed by atoms with Gasteiger partial charge in [-0.25, -0.2) is 12.4 Å². The molecule has 6 nitrogen and oxygen atoms in total. The van der Waals surface area contributed by atoms with E-state index in [9.17, 15) is 18.0 Å². The summed E-state index contributed by atoms with van der Waals surface area (Å²) in [6.07, 6.45) is 5.32. The minimum absolute atomic E-state index is 0.0779. The molecule has 0 aliphatic heterocycles. The molecule has 0 spiro atoms. The van der Waals surface area contributed by atoms with E-state index in [4.69, 9.17) is 0 Å². The molecule has 8 heteroatoms. The third kappa shape index (κ3) is 4.46. The second-order valence-corrected chi connectivity index (χ2v) is 15.4. The second kappa shape index (κ2) is 8.25. The van der Waals surface area contributed by atoms with E-state index in [0.29, 0.717) is 18.4 Å². The van der Waals surface area contributed by atoms with Crippen LogP contribution in [0.3, 0.4) is 0 Å². The van der Waals surface area contributed by atoms with E-state index in [2.05, 4.69) is 13.8 Å². The molecule has 1 aromatic carbocycles. The Morgan fingerprint density at radius 1 is 1.06 bits per heavy atom. The Balaban J connectivity index is 1.98. The van der Waals surface area contributed by atoms with Crippen molar-refractivity contribution >= 4 is 24.6 Å².